The van der Waals surface area contributed by atoms with Crippen molar-refractivity contribution >= 4 is 15.9 Å². The molecule has 1 nitrogen and oxygen atoms in total. The molecule has 0 aliphatic rings. The van der Waals surface area contributed by atoms with Crippen LogP contribution in [0.4, 0.5) is 13.2 Å². The van der Waals surface area contributed by atoms with Crippen molar-refractivity contribution in [3.8, 4) is 11.1 Å². The van der Waals surface area contributed by atoms with Gasteiger partial charge >= 0.3 is 6.18 Å². The maximum Gasteiger partial charge on any atom is 0.416 e. The first kappa shape index (κ1) is 12.1. The van der Waals surface area contributed by atoms with Crippen LogP contribution < -0.4 is 0 Å². The predicted molar refractivity (Wildman–Crippen MR) is 62.4 cm³/mol. The second-order valence-corrected chi connectivity index (χ2v) is 4.26. The molecule has 0 saturated carbocycles. The maximum absolute atomic E-state index is 12.5. The van der Waals surface area contributed by atoms with Crippen molar-refractivity contribution in [3.63, 3.8) is 0 Å². The van der Waals surface area contributed by atoms with E-state index in [9.17, 15) is 13.2 Å². The average Bonchev–Trinajstić information content (AvgIpc) is 2.28. The number of rotatable bonds is 1. The zero-order valence-electron chi connectivity index (χ0n) is 8.50. The molecule has 0 radical (unpaired) electrons. The molecular weight excluding hydrogens is 295 g/mol. The van der Waals surface area contributed by atoms with Gasteiger partial charge in [-0.05, 0) is 51.3 Å². The first-order chi connectivity index (χ1) is 7.97. The fourth-order valence-corrected chi connectivity index (χ4v) is 1.82. The Balaban J connectivity index is 2.47. The Morgan fingerprint density at radius 2 is 1.71 bits per heavy atom. The van der Waals surface area contributed by atoms with E-state index in [2.05, 4.69) is 20.9 Å². The maximum atomic E-state index is 12.5. The van der Waals surface area contributed by atoms with E-state index in [-0.39, 0.29) is 0 Å². The predicted octanol–water partition coefficient (Wildman–Crippen LogP) is 4.53. The van der Waals surface area contributed by atoms with E-state index in [4.69, 9.17) is 0 Å². The Morgan fingerprint density at radius 1 is 1.00 bits per heavy atom. The van der Waals surface area contributed by atoms with Gasteiger partial charge in [0.25, 0.3) is 0 Å². The Hall–Kier alpha value is -1.36. The van der Waals surface area contributed by atoms with Crippen LogP contribution in [0.15, 0.2) is 47.2 Å². The standard InChI is InChI=1S/C12H7BrF3N/c13-11-7-9(4-5-17-11)8-2-1-3-10(6-8)12(14,15)16/h1-7H. The average molecular weight is 302 g/mol. The number of hydrogen-bond donors (Lipinski definition) is 0. The number of nitrogens with zero attached hydrogens (tertiary/aromatic N) is 1. The molecule has 17 heavy (non-hydrogen) atoms. The van der Waals surface area contributed by atoms with Crippen molar-refractivity contribution in [2.45, 2.75) is 6.18 Å². The molecule has 0 N–H and O–H groups in total. The van der Waals surface area contributed by atoms with Gasteiger partial charge in [-0.3, -0.25) is 0 Å². The van der Waals surface area contributed by atoms with Crippen LogP contribution in [0, 0.1) is 0 Å². The van der Waals surface area contributed by atoms with Crippen molar-refractivity contribution in [3.05, 3.63) is 52.8 Å². The van der Waals surface area contributed by atoms with Gasteiger partial charge in [-0.25, -0.2) is 4.98 Å². The number of pyridine rings is 1. The number of halogens is 4. The van der Waals surface area contributed by atoms with Gasteiger partial charge in [0.2, 0.25) is 0 Å². The summed E-state index contributed by atoms with van der Waals surface area (Å²) in [5.74, 6) is 0. The Bertz CT molecular complexity index is 537. The van der Waals surface area contributed by atoms with Crippen molar-refractivity contribution < 1.29 is 13.2 Å². The summed E-state index contributed by atoms with van der Waals surface area (Å²) >= 11 is 3.18. The first-order valence-electron chi connectivity index (χ1n) is 4.76. The van der Waals surface area contributed by atoms with Crippen LogP contribution in [0.2, 0.25) is 0 Å². The zero-order chi connectivity index (χ0) is 12.5. The van der Waals surface area contributed by atoms with Crippen LogP contribution in [0.5, 0.6) is 0 Å². The van der Waals surface area contributed by atoms with E-state index in [0.29, 0.717) is 15.7 Å². The Morgan fingerprint density at radius 3 is 2.35 bits per heavy atom. The lowest BCUT2D eigenvalue weighted by molar-refractivity contribution is -0.137. The highest BCUT2D eigenvalue weighted by Gasteiger charge is 2.30. The first-order valence-corrected chi connectivity index (χ1v) is 5.55. The highest BCUT2D eigenvalue weighted by Crippen LogP contribution is 2.32. The summed E-state index contributed by atoms with van der Waals surface area (Å²) in [5, 5.41) is 0. The smallest absolute Gasteiger partial charge is 0.249 e. The second-order valence-electron chi connectivity index (χ2n) is 3.45. The Kier molecular flexibility index (Phi) is 3.19. The van der Waals surface area contributed by atoms with Gasteiger partial charge in [0.1, 0.15) is 4.60 Å². The topological polar surface area (TPSA) is 12.9 Å². The molecule has 0 bridgehead atoms. The quantitative estimate of drug-likeness (QED) is 0.705. The molecule has 88 valence electrons. The lowest BCUT2D eigenvalue weighted by Crippen LogP contribution is -2.04. The molecule has 2 rings (SSSR count). The van der Waals surface area contributed by atoms with Crippen LogP contribution in [0.1, 0.15) is 5.56 Å². The third kappa shape index (κ3) is 2.85. The normalized spacial score (nSPS) is 11.5. The highest BCUT2D eigenvalue weighted by molar-refractivity contribution is 9.10. The lowest BCUT2D eigenvalue weighted by atomic mass is 10.0. The molecule has 0 atom stereocenters. The molecule has 1 aromatic carbocycles. The lowest BCUT2D eigenvalue weighted by Gasteiger charge is -2.08. The van der Waals surface area contributed by atoms with Gasteiger partial charge in [0.05, 0.1) is 5.56 Å². The van der Waals surface area contributed by atoms with E-state index in [1.165, 1.54) is 6.07 Å². The summed E-state index contributed by atoms with van der Waals surface area (Å²) in [6.45, 7) is 0. The molecule has 0 saturated heterocycles. The molecule has 2 aromatic rings. The van der Waals surface area contributed by atoms with E-state index >= 15 is 0 Å². The van der Waals surface area contributed by atoms with E-state index < -0.39 is 11.7 Å². The summed E-state index contributed by atoms with van der Waals surface area (Å²) in [4.78, 5) is 3.93. The summed E-state index contributed by atoms with van der Waals surface area (Å²) in [6.07, 6.45) is -2.78. The highest BCUT2D eigenvalue weighted by atomic mass is 79.9. The molecule has 1 aromatic heterocycles. The fraction of sp³-hybridized carbons (Fsp3) is 0.0833. The number of benzene rings is 1. The number of alkyl halides is 3. The van der Waals surface area contributed by atoms with Gasteiger partial charge < -0.3 is 0 Å². The summed E-state index contributed by atoms with van der Waals surface area (Å²) in [7, 11) is 0. The van der Waals surface area contributed by atoms with Gasteiger partial charge in [0.15, 0.2) is 0 Å². The number of hydrogen-bond acceptors (Lipinski definition) is 1. The van der Waals surface area contributed by atoms with Crippen molar-refractivity contribution in [2.75, 3.05) is 0 Å². The molecule has 0 spiro atoms. The van der Waals surface area contributed by atoms with Crippen LogP contribution in [-0.4, -0.2) is 4.98 Å². The fourth-order valence-electron chi connectivity index (χ4n) is 1.46. The molecule has 1 heterocycles. The van der Waals surface area contributed by atoms with E-state index in [1.54, 1.807) is 24.4 Å². The molecule has 0 fully saturated rings. The largest absolute Gasteiger partial charge is 0.416 e. The van der Waals surface area contributed by atoms with E-state index in [0.717, 1.165) is 12.1 Å². The molecule has 0 aliphatic carbocycles. The van der Waals surface area contributed by atoms with Gasteiger partial charge in [-0.15, -0.1) is 0 Å². The zero-order valence-corrected chi connectivity index (χ0v) is 10.1. The minimum Gasteiger partial charge on any atom is -0.249 e. The molecule has 5 heteroatoms. The SMILES string of the molecule is FC(F)(F)c1cccc(-c2ccnc(Br)c2)c1. The molecule has 0 unspecified atom stereocenters. The second kappa shape index (κ2) is 4.49. The van der Waals surface area contributed by atoms with Gasteiger partial charge in [0, 0.05) is 6.20 Å². The van der Waals surface area contributed by atoms with Crippen molar-refractivity contribution in [2.24, 2.45) is 0 Å². The van der Waals surface area contributed by atoms with Gasteiger partial charge in [-0.2, -0.15) is 13.2 Å². The number of aromatic nitrogens is 1. The van der Waals surface area contributed by atoms with Crippen molar-refractivity contribution in [1.29, 1.82) is 0 Å². The molecule has 0 amide bonds. The monoisotopic (exact) mass is 301 g/mol. The van der Waals surface area contributed by atoms with Crippen LogP contribution in [-0.2, 0) is 6.18 Å². The summed E-state index contributed by atoms with van der Waals surface area (Å²) in [5.41, 5.74) is 0.559. The van der Waals surface area contributed by atoms with Crippen LogP contribution >= 0.6 is 15.9 Å². The van der Waals surface area contributed by atoms with Gasteiger partial charge in [-0.1, -0.05) is 12.1 Å². The summed E-state index contributed by atoms with van der Waals surface area (Å²) < 4.78 is 38.2. The molecule has 0 aliphatic heterocycles. The third-order valence-corrected chi connectivity index (χ3v) is 2.68. The minimum absolute atomic E-state index is 0.517. The van der Waals surface area contributed by atoms with Crippen LogP contribution in [0.3, 0.4) is 0 Å². The summed E-state index contributed by atoms with van der Waals surface area (Å²) in [6, 6.07) is 8.56. The minimum atomic E-state index is -4.32. The van der Waals surface area contributed by atoms with E-state index in [1.807, 2.05) is 0 Å². The third-order valence-electron chi connectivity index (χ3n) is 2.25. The van der Waals surface area contributed by atoms with Crippen molar-refractivity contribution in [1.82, 2.24) is 4.98 Å². The van der Waals surface area contributed by atoms with Crippen LogP contribution in [0.25, 0.3) is 11.1 Å². The Labute approximate surface area is 104 Å². The molecular formula is C12H7BrF3N.